The van der Waals surface area contributed by atoms with Crippen LogP contribution in [0.25, 0.3) is 0 Å². The number of halogens is 1. The molecule has 0 aliphatic heterocycles. The summed E-state index contributed by atoms with van der Waals surface area (Å²) in [5.41, 5.74) is 2.67. The second-order valence-corrected chi connectivity index (χ2v) is 11.2. The van der Waals surface area contributed by atoms with E-state index in [1.54, 1.807) is 38.1 Å². The Hall–Kier alpha value is -3.08. The van der Waals surface area contributed by atoms with E-state index in [-0.39, 0.29) is 4.90 Å². The summed E-state index contributed by atoms with van der Waals surface area (Å²) in [4.78, 5) is 12.6. The molecule has 0 radical (unpaired) electrons. The number of anilines is 3. The van der Waals surface area contributed by atoms with Gasteiger partial charge in [0.25, 0.3) is 15.9 Å². The summed E-state index contributed by atoms with van der Waals surface area (Å²) < 4.78 is 53.1. The Kier molecular flexibility index (Phi) is 7.01. The van der Waals surface area contributed by atoms with E-state index in [9.17, 15) is 21.6 Å². The highest BCUT2D eigenvalue weighted by Gasteiger charge is 2.17. The number of hydrogen-bond acceptors (Lipinski definition) is 5. The number of carbonyl (C=O) groups excluding carboxylic acids is 1. The molecule has 33 heavy (non-hydrogen) atoms. The summed E-state index contributed by atoms with van der Waals surface area (Å²) in [6.45, 7) is 3.39. The van der Waals surface area contributed by atoms with Crippen LogP contribution >= 0.6 is 11.6 Å². The molecule has 0 fully saturated rings. The second-order valence-electron chi connectivity index (χ2n) is 7.40. The average Bonchev–Trinajstić information content (AvgIpc) is 2.72. The van der Waals surface area contributed by atoms with Crippen molar-refractivity contribution in [3.05, 3.63) is 82.4 Å². The number of rotatable bonds is 7. The summed E-state index contributed by atoms with van der Waals surface area (Å²) >= 11 is 6.05. The molecule has 11 heteroatoms. The highest BCUT2D eigenvalue weighted by molar-refractivity contribution is 7.92. The molecule has 3 rings (SSSR count). The van der Waals surface area contributed by atoms with Crippen LogP contribution in [0.4, 0.5) is 17.1 Å². The molecule has 0 atom stereocenters. The molecule has 8 nitrogen and oxygen atoms in total. The first kappa shape index (κ1) is 24.6. The molecule has 0 aliphatic carbocycles. The van der Waals surface area contributed by atoms with Gasteiger partial charge in [-0.1, -0.05) is 17.7 Å². The number of benzene rings is 3. The van der Waals surface area contributed by atoms with E-state index in [0.29, 0.717) is 38.8 Å². The third-order valence-electron chi connectivity index (χ3n) is 4.72. The molecule has 3 aromatic rings. The van der Waals surface area contributed by atoms with Crippen LogP contribution in [-0.2, 0) is 20.0 Å². The fourth-order valence-corrected chi connectivity index (χ4v) is 4.89. The Morgan fingerprint density at radius 3 is 2.12 bits per heavy atom. The molecule has 0 saturated carbocycles. The molecular weight excluding hydrogens is 486 g/mol. The minimum atomic E-state index is -3.85. The Balaban J connectivity index is 1.73. The zero-order valence-corrected chi connectivity index (χ0v) is 20.4. The Morgan fingerprint density at radius 2 is 1.52 bits per heavy atom. The van der Waals surface area contributed by atoms with Gasteiger partial charge in [0, 0.05) is 16.3 Å². The van der Waals surface area contributed by atoms with Gasteiger partial charge in [-0.3, -0.25) is 14.2 Å². The van der Waals surface area contributed by atoms with Gasteiger partial charge >= 0.3 is 0 Å². The SMILES string of the molecule is Cc1cc(C(=O)Nc2ccc(S(=O)(=O)Nc3cccc(Cl)c3C)cc2)ccc1NS(C)(=O)=O. The molecule has 3 aromatic carbocycles. The number of sulfonamides is 2. The number of hydrogen-bond donors (Lipinski definition) is 3. The number of nitrogens with one attached hydrogen (secondary N) is 3. The van der Waals surface area contributed by atoms with Crippen LogP contribution < -0.4 is 14.8 Å². The first-order valence-corrected chi connectivity index (χ1v) is 13.4. The van der Waals surface area contributed by atoms with Crippen molar-refractivity contribution in [2.24, 2.45) is 0 Å². The van der Waals surface area contributed by atoms with Gasteiger partial charge in [-0.15, -0.1) is 0 Å². The lowest BCUT2D eigenvalue weighted by Crippen LogP contribution is -2.15. The predicted molar refractivity (Wildman–Crippen MR) is 131 cm³/mol. The fraction of sp³-hybridized carbons (Fsp3) is 0.136. The molecule has 1 amide bonds. The minimum Gasteiger partial charge on any atom is -0.322 e. The smallest absolute Gasteiger partial charge is 0.261 e. The maximum absolute atomic E-state index is 12.7. The van der Waals surface area contributed by atoms with Gasteiger partial charge in [0.05, 0.1) is 22.5 Å². The van der Waals surface area contributed by atoms with E-state index in [4.69, 9.17) is 11.6 Å². The third-order valence-corrected chi connectivity index (χ3v) is 7.10. The monoisotopic (exact) mass is 507 g/mol. The maximum Gasteiger partial charge on any atom is 0.261 e. The third kappa shape index (κ3) is 6.25. The Morgan fingerprint density at radius 1 is 0.848 bits per heavy atom. The van der Waals surface area contributed by atoms with E-state index in [1.807, 2.05) is 0 Å². The summed E-state index contributed by atoms with van der Waals surface area (Å²) in [5, 5.41) is 3.14. The quantitative estimate of drug-likeness (QED) is 0.438. The van der Waals surface area contributed by atoms with Crippen molar-refractivity contribution in [2.75, 3.05) is 21.0 Å². The molecule has 3 N–H and O–H groups in total. The van der Waals surface area contributed by atoms with Gasteiger partial charge in [-0.05, 0) is 79.6 Å². The Labute approximate surface area is 198 Å². The van der Waals surface area contributed by atoms with Crippen LogP contribution in [0.1, 0.15) is 21.5 Å². The van der Waals surface area contributed by atoms with Crippen LogP contribution in [0.3, 0.4) is 0 Å². The van der Waals surface area contributed by atoms with Crippen molar-refractivity contribution >= 4 is 54.6 Å². The molecule has 174 valence electrons. The van der Waals surface area contributed by atoms with Gasteiger partial charge in [0.1, 0.15) is 0 Å². The normalized spacial score (nSPS) is 11.6. The van der Waals surface area contributed by atoms with Gasteiger partial charge < -0.3 is 5.32 Å². The topological polar surface area (TPSA) is 121 Å². The lowest BCUT2D eigenvalue weighted by molar-refractivity contribution is 0.102. The van der Waals surface area contributed by atoms with Crippen LogP contribution in [0.15, 0.2) is 65.6 Å². The standard InChI is InChI=1S/C22H22ClN3O5S2/c1-14-13-16(7-12-20(14)25-32(3,28)29)22(27)24-17-8-10-18(11-9-17)33(30,31)26-21-6-4-5-19(23)15(21)2/h4-13,25-26H,1-3H3,(H,24,27). The van der Waals surface area contributed by atoms with Crippen LogP contribution in [0.5, 0.6) is 0 Å². The van der Waals surface area contributed by atoms with E-state index < -0.39 is 26.0 Å². The zero-order valence-electron chi connectivity index (χ0n) is 18.0. The van der Waals surface area contributed by atoms with Crippen molar-refractivity contribution in [2.45, 2.75) is 18.7 Å². The van der Waals surface area contributed by atoms with Crippen LogP contribution in [0.2, 0.25) is 5.02 Å². The maximum atomic E-state index is 12.7. The molecule has 0 heterocycles. The van der Waals surface area contributed by atoms with Gasteiger partial charge in [-0.25, -0.2) is 16.8 Å². The van der Waals surface area contributed by atoms with E-state index >= 15 is 0 Å². The predicted octanol–water partition coefficient (Wildman–Crippen LogP) is 4.38. The minimum absolute atomic E-state index is 0.0203. The molecule has 0 spiro atoms. The van der Waals surface area contributed by atoms with Crippen LogP contribution in [0, 0.1) is 13.8 Å². The molecule has 0 unspecified atom stereocenters. The van der Waals surface area contributed by atoms with Gasteiger partial charge in [0.15, 0.2) is 0 Å². The van der Waals surface area contributed by atoms with E-state index in [1.165, 1.54) is 36.4 Å². The molecule has 0 aromatic heterocycles. The fourth-order valence-electron chi connectivity index (χ4n) is 2.96. The number of aryl methyl sites for hydroxylation is 1. The van der Waals surface area contributed by atoms with Crippen LogP contribution in [-0.4, -0.2) is 29.0 Å². The molecular formula is C22H22ClN3O5S2. The summed E-state index contributed by atoms with van der Waals surface area (Å²) in [5.74, 6) is -0.424. The van der Waals surface area contributed by atoms with Gasteiger partial charge in [0.2, 0.25) is 10.0 Å². The summed E-state index contributed by atoms with van der Waals surface area (Å²) in [6, 6.07) is 15.2. The van der Waals surface area contributed by atoms with Gasteiger partial charge in [-0.2, -0.15) is 0 Å². The van der Waals surface area contributed by atoms with Crippen molar-refractivity contribution in [1.29, 1.82) is 0 Å². The Bertz CT molecular complexity index is 1420. The summed E-state index contributed by atoms with van der Waals surface area (Å²) in [6.07, 6.45) is 1.04. The van der Waals surface area contributed by atoms with E-state index in [0.717, 1.165) is 6.26 Å². The molecule has 0 bridgehead atoms. The zero-order chi connectivity index (χ0) is 24.4. The van der Waals surface area contributed by atoms with Crippen molar-refractivity contribution < 1.29 is 21.6 Å². The number of carbonyl (C=O) groups is 1. The lowest BCUT2D eigenvalue weighted by atomic mass is 10.1. The van der Waals surface area contributed by atoms with Crippen molar-refractivity contribution in [3.8, 4) is 0 Å². The highest BCUT2D eigenvalue weighted by Crippen LogP contribution is 2.26. The average molecular weight is 508 g/mol. The largest absolute Gasteiger partial charge is 0.322 e. The lowest BCUT2D eigenvalue weighted by Gasteiger charge is -2.12. The number of amides is 1. The van der Waals surface area contributed by atoms with Crippen molar-refractivity contribution in [3.63, 3.8) is 0 Å². The van der Waals surface area contributed by atoms with E-state index in [2.05, 4.69) is 14.8 Å². The summed E-state index contributed by atoms with van der Waals surface area (Å²) in [7, 11) is -7.29. The molecule has 0 saturated heterocycles. The first-order chi connectivity index (χ1) is 15.4. The second kappa shape index (κ2) is 9.42. The van der Waals surface area contributed by atoms with Crippen molar-refractivity contribution in [1.82, 2.24) is 0 Å². The first-order valence-electron chi connectivity index (χ1n) is 9.63. The highest BCUT2D eigenvalue weighted by atomic mass is 35.5. The molecule has 0 aliphatic rings.